The van der Waals surface area contributed by atoms with Gasteiger partial charge in [-0.2, -0.15) is 0 Å². The van der Waals surface area contributed by atoms with E-state index in [1.165, 1.54) is 87.4 Å². The van der Waals surface area contributed by atoms with E-state index in [0.29, 0.717) is 12.1 Å². The van der Waals surface area contributed by atoms with Crippen molar-refractivity contribution >= 4 is 0 Å². The molecule has 2 saturated heterocycles. The van der Waals surface area contributed by atoms with Gasteiger partial charge in [-0.3, -0.25) is 0 Å². The van der Waals surface area contributed by atoms with Gasteiger partial charge in [-0.25, -0.2) is 9.97 Å². The third kappa shape index (κ3) is 4.96. The predicted molar refractivity (Wildman–Crippen MR) is 140 cm³/mol. The largest absolute Gasteiger partial charge is 0.344 e. The maximum absolute atomic E-state index is 4.83. The Morgan fingerprint density at radius 2 is 1.57 bits per heavy atom. The lowest BCUT2D eigenvalue weighted by molar-refractivity contribution is 0.262. The van der Waals surface area contributed by atoms with Crippen molar-refractivity contribution in [2.24, 2.45) is 0 Å². The van der Waals surface area contributed by atoms with Crippen LogP contribution in [0.4, 0.5) is 0 Å². The second-order valence-electron chi connectivity index (χ2n) is 11.1. The molecule has 3 fully saturated rings. The highest BCUT2D eigenvalue weighted by molar-refractivity contribution is 5.59. The Morgan fingerprint density at radius 1 is 0.829 bits per heavy atom. The molecule has 186 valence electrons. The number of aromatic amines is 2. The minimum Gasteiger partial charge on any atom is -0.344 e. The summed E-state index contributed by atoms with van der Waals surface area (Å²) < 4.78 is 0. The Labute approximate surface area is 209 Å². The fourth-order valence-electron chi connectivity index (χ4n) is 6.69. The van der Waals surface area contributed by atoms with Gasteiger partial charge < -0.3 is 20.6 Å². The molecule has 1 aliphatic carbocycles. The number of H-pyrrole nitrogens is 2. The zero-order valence-electron chi connectivity index (χ0n) is 20.9. The van der Waals surface area contributed by atoms with Gasteiger partial charge in [0.05, 0.1) is 24.0 Å². The Morgan fingerprint density at radius 3 is 2.31 bits per heavy atom. The highest BCUT2D eigenvalue weighted by atomic mass is 15.0. The number of aromatic nitrogens is 4. The Hall–Kier alpha value is -2.44. The van der Waals surface area contributed by atoms with E-state index in [1.807, 2.05) is 6.20 Å². The van der Waals surface area contributed by atoms with Crippen molar-refractivity contribution in [3.63, 3.8) is 0 Å². The Kier molecular flexibility index (Phi) is 6.75. The van der Waals surface area contributed by atoms with Crippen molar-refractivity contribution in [1.82, 2.24) is 30.6 Å². The molecule has 3 aromatic rings. The molecule has 0 amide bonds. The molecule has 2 aromatic heterocycles. The van der Waals surface area contributed by atoms with Crippen molar-refractivity contribution in [1.29, 1.82) is 0 Å². The maximum atomic E-state index is 4.83. The zero-order chi connectivity index (χ0) is 23.5. The molecular formula is C29H40N6. The number of hydrogen-bond donors (Lipinski definition) is 4. The Bertz CT molecular complexity index is 1100. The molecule has 4 heterocycles. The number of benzene rings is 1. The summed E-state index contributed by atoms with van der Waals surface area (Å²) in [7, 11) is 0. The minimum atomic E-state index is 0.270. The van der Waals surface area contributed by atoms with E-state index < -0.39 is 0 Å². The van der Waals surface area contributed by atoms with E-state index >= 15 is 0 Å². The standard InChI is InChI=1S/C29H40N6/c1-2-13-29(14-3-1,26-20-33-28(35-26)24-12-7-17-31-24)15-5-9-21-8-4-10-22(18-21)25-19-32-27(34-25)23-11-6-16-30-23/h4,8,10,18-20,23-24,30-31H,1-3,5-7,9,11-17H2,(H,32,34)(H,33,35)/t23-,24-/m0/s1. The van der Waals surface area contributed by atoms with E-state index in [-0.39, 0.29) is 5.41 Å². The van der Waals surface area contributed by atoms with Gasteiger partial charge in [0.25, 0.3) is 0 Å². The zero-order valence-corrected chi connectivity index (χ0v) is 20.9. The lowest BCUT2D eigenvalue weighted by Crippen LogP contribution is -2.30. The first kappa shape index (κ1) is 23.0. The SMILES string of the molecule is c1cc(CCCC2(c3cnc([C@@H]4CCCN4)[nH]3)CCCCC2)cc(-c2cnc([C@@H]3CCCN3)[nH]2)c1. The van der Waals surface area contributed by atoms with Crippen LogP contribution in [0.5, 0.6) is 0 Å². The summed E-state index contributed by atoms with van der Waals surface area (Å²) in [6, 6.07) is 9.84. The van der Waals surface area contributed by atoms with Crippen LogP contribution in [0.1, 0.15) is 106 Å². The molecule has 3 aliphatic rings. The topological polar surface area (TPSA) is 81.4 Å². The van der Waals surface area contributed by atoms with E-state index in [2.05, 4.69) is 56.0 Å². The number of imidazole rings is 2. The molecule has 0 unspecified atom stereocenters. The van der Waals surface area contributed by atoms with Crippen LogP contribution in [0.3, 0.4) is 0 Å². The van der Waals surface area contributed by atoms with E-state index in [1.54, 1.807) is 0 Å². The summed E-state index contributed by atoms with van der Waals surface area (Å²) in [6.45, 7) is 2.21. The predicted octanol–water partition coefficient (Wildman–Crippen LogP) is 5.87. The van der Waals surface area contributed by atoms with Gasteiger partial charge in [-0.05, 0) is 88.1 Å². The van der Waals surface area contributed by atoms with Crippen molar-refractivity contribution in [3.8, 4) is 11.3 Å². The molecule has 35 heavy (non-hydrogen) atoms. The molecule has 1 saturated carbocycles. The maximum Gasteiger partial charge on any atom is 0.123 e. The number of rotatable bonds is 8. The highest BCUT2D eigenvalue weighted by Gasteiger charge is 2.35. The average molecular weight is 473 g/mol. The van der Waals surface area contributed by atoms with Gasteiger partial charge in [0, 0.05) is 17.3 Å². The number of nitrogens with one attached hydrogen (secondary N) is 4. The summed E-state index contributed by atoms with van der Waals surface area (Å²) in [4.78, 5) is 16.8. The van der Waals surface area contributed by atoms with Crippen LogP contribution < -0.4 is 10.6 Å². The molecule has 6 nitrogen and oxygen atoms in total. The van der Waals surface area contributed by atoms with Crippen LogP contribution >= 0.6 is 0 Å². The third-order valence-corrected chi connectivity index (χ3v) is 8.71. The fourth-order valence-corrected chi connectivity index (χ4v) is 6.69. The van der Waals surface area contributed by atoms with Gasteiger partial charge in [0.15, 0.2) is 0 Å². The summed E-state index contributed by atoms with van der Waals surface area (Å²) >= 11 is 0. The van der Waals surface area contributed by atoms with Crippen molar-refractivity contribution in [2.45, 2.75) is 94.5 Å². The van der Waals surface area contributed by atoms with Crippen molar-refractivity contribution < 1.29 is 0 Å². The summed E-state index contributed by atoms with van der Waals surface area (Å²) in [5, 5.41) is 7.14. The number of hydrogen-bond acceptors (Lipinski definition) is 4. The highest BCUT2D eigenvalue weighted by Crippen LogP contribution is 2.43. The lowest BCUT2D eigenvalue weighted by Gasteiger charge is -2.36. The molecule has 6 rings (SSSR count). The van der Waals surface area contributed by atoms with Gasteiger partial charge >= 0.3 is 0 Å². The van der Waals surface area contributed by atoms with Crippen molar-refractivity contribution in [2.75, 3.05) is 13.1 Å². The molecular weight excluding hydrogens is 432 g/mol. The van der Waals surface area contributed by atoms with Gasteiger partial charge in [0.1, 0.15) is 11.6 Å². The number of aryl methyl sites for hydroxylation is 1. The molecule has 4 N–H and O–H groups in total. The summed E-state index contributed by atoms with van der Waals surface area (Å²) in [6.07, 6.45) is 19.2. The second kappa shape index (κ2) is 10.3. The van der Waals surface area contributed by atoms with Crippen LogP contribution in [0, 0.1) is 0 Å². The smallest absolute Gasteiger partial charge is 0.123 e. The van der Waals surface area contributed by atoms with Crippen LogP contribution in [-0.4, -0.2) is 33.0 Å². The minimum absolute atomic E-state index is 0.270. The first-order chi connectivity index (χ1) is 17.3. The van der Waals surface area contributed by atoms with E-state index in [0.717, 1.165) is 36.9 Å². The molecule has 0 spiro atoms. The average Bonchev–Trinajstić information content (AvgIpc) is 3.72. The monoisotopic (exact) mass is 472 g/mol. The molecule has 2 atom stereocenters. The molecule has 1 aromatic carbocycles. The van der Waals surface area contributed by atoms with Gasteiger partial charge in [-0.1, -0.05) is 37.5 Å². The van der Waals surface area contributed by atoms with Gasteiger partial charge in [0.2, 0.25) is 0 Å². The Balaban J connectivity index is 1.12. The first-order valence-electron chi connectivity index (χ1n) is 14.0. The van der Waals surface area contributed by atoms with Crippen molar-refractivity contribution in [3.05, 3.63) is 59.6 Å². The third-order valence-electron chi connectivity index (χ3n) is 8.71. The second-order valence-corrected chi connectivity index (χ2v) is 11.1. The van der Waals surface area contributed by atoms with Crippen LogP contribution in [0.15, 0.2) is 36.7 Å². The molecule has 0 radical (unpaired) electrons. The van der Waals surface area contributed by atoms with Crippen LogP contribution in [-0.2, 0) is 11.8 Å². The quantitative estimate of drug-likeness (QED) is 0.330. The van der Waals surface area contributed by atoms with E-state index in [4.69, 9.17) is 4.98 Å². The molecule has 0 bridgehead atoms. The summed E-state index contributed by atoms with van der Waals surface area (Å²) in [5.41, 5.74) is 5.45. The van der Waals surface area contributed by atoms with Crippen LogP contribution in [0.25, 0.3) is 11.3 Å². The van der Waals surface area contributed by atoms with Gasteiger partial charge in [-0.15, -0.1) is 0 Å². The molecule has 2 aliphatic heterocycles. The van der Waals surface area contributed by atoms with Crippen LogP contribution in [0.2, 0.25) is 0 Å². The normalized spacial score (nSPS) is 24.2. The van der Waals surface area contributed by atoms with E-state index in [9.17, 15) is 0 Å². The lowest BCUT2D eigenvalue weighted by atomic mass is 9.69. The number of nitrogens with zero attached hydrogens (tertiary/aromatic N) is 2. The molecule has 6 heteroatoms. The summed E-state index contributed by atoms with van der Waals surface area (Å²) in [5.74, 6) is 2.23. The first-order valence-corrected chi connectivity index (χ1v) is 14.0. The fraction of sp³-hybridized carbons (Fsp3) is 0.586.